The van der Waals surface area contributed by atoms with Gasteiger partial charge < -0.3 is 0 Å². The zero-order valence-electron chi connectivity index (χ0n) is 14.8. The van der Waals surface area contributed by atoms with Gasteiger partial charge in [-0.1, -0.05) is 6.92 Å². The standard InChI is InChI=1S/C19H19N5O2S/c1-12-2-7-16-14(8-12)9-17(27-16)19(26)23-22-18(25)13-3-5-15(6-4-13)24-11-20-10-21-24/h3-6,9-12H,2,7-8H2,1H3,(H,22,25)(H,23,26). The maximum Gasteiger partial charge on any atom is 0.279 e. The van der Waals surface area contributed by atoms with Crippen LogP contribution in [0.25, 0.3) is 5.69 Å². The van der Waals surface area contributed by atoms with Gasteiger partial charge in [0, 0.05) is 10.4 Å². The summed E-state index contributed by atoms with van der Waals surface area (Å²) in [5.41, 5.74) is 7.48. The number of nitrogens with zero attached hydrogens (tertiary/aromatic N) is 3. The maximum absolute atomic E-state index is 12.4. The lowest BCUT2D eigenvalue weighted by atomic mass is 9.90. The van der Waals surface area contributed by atoms with Crippen molar-refractivity contribution >= 4 is 23.2 Å². The Morgan fingerprint density at radius 2 is 1.96 bits per heavy atom. The minimum Gasteiger partial charge on any atom is -0.267 e. The molecule has 0 fully saturated rings. The maximum atomic E-state index is 12.4. The third-order valence-corrected chi connectivity index (χ3v) is 5.89. The van der Waals surface area contributed by atoms with E-state index < -0.39 is 0 Å². The average Bonchev–Trinajstić information content (AvgIpc) is 3.35. The van der Waals surface area contributed by atoms with Crippen LogP contribution in [0.5, 0.6) is 0 Å². The van der Waals surface area contributed by atoms with Crippen LogP contribution in [0.1, 0.15) is 43.8 Å². The Morgan fingerprint density at radius 1 is 1.19 bits per heavy atom. The molecule has 27 heavy (non-hydrogen) atoms. The number of rotatable bonds is 3. The first-order valence-corrected chi connectivity index (χ1v) is 9.59. The van der Waals surface area contributed by atoms with Crippen molar-refractivity contribution in [1.82, 2.24) is 25.6 Å². The third-order valence-electron chi connectivity index (χ3n) is 4.66. The third kappa shape index (κ3) is 3.75. The highest BCUT2D eigenvalue weighted by Gasteiger charge is 2.21. The molecule has 0 saturated heterocycles. The number of hydrazine groups is 1. The molecule has 0 radical (unpaired) electrons. The molecular weight excluding hydrogens is 362 g/mol. The molecule has 1 aliphatic carbocycles. The SMILES string of the molecule is CC1CCc2sc(C(=O)NNC(=O)c3ccc(-n4cncn4)cc3)cc2C1. The minimum atomic E-state index is -0.372. The molecule has 2 N–H and O–H groups in total. The molecule has 7 nitrogen and oxygen atoms in total. The molecule has 0 saturated carbocycles. The van der Waals surface area contributed by atoms with Crippen molar-refractivity contribution in [3.05, 3.63) is 63.9 Å². The zero-order valence-corrected chi connectivity index (χ0v) is 15.6. The first-order valence-electron chi connectivity index (χ1n) is 8.77. The van der Waals surface area contributed by atoms with Crippen LogP contribution in [0.2, 0.25) is 0 Å². The molecule has 1 unspecified atom stereocenters. The van der Waals surface area contributed by atoms with Gasteiger partial charge in [0.25, 0.3) is 11.8 Å². The molecule has 1 atom stereocenters. The fourth-order valence-corrected chi connectivity index (χ4v) is 4.28. The number of fused-ring (bicyclic) bond motifs is 1. The summed E-state index contributed by atoms with van der Waals surface area (Å²) < 4.78 is 1.60. The Labute approximate surface area is 160 Å². The first kappa shape index (κ1) is 17.4. The van der Waals surface area contributed by atoms with Gasteiger partial charge in [0.1, 0.15) is 12.7 Å². The van der Waals surface area contributed by atoms with E-state index >= 15 is 0 Å². The first-order chi connectivity index (χ1) is 13.1. The van der Waals surface area contributed by atoms with E-state index in [4.69, 9.17) is 0 Å². The van der Waals surface area contributed by atoms with Gasteiger partial charge in [-0.25, -0.2) is 9.67 Å². The minimum absolute atomic E-state index is 0.283. The Balaban J connectivity index is 1.37. The van der Waals surface area contributed by atoms with Crippen LogP contribution >= 0.6 is 11.3 Å². The largest absolute Gasteiger partial charge is 0.279 e. The summed E-state index contributed by atoms with van der Waals surface area (Å²) in [5.74, 6) is 0.00118. The van der Waals surface area contributed by atoms with E-state index in [0.717, 1.165) is 24.9 Å². The molecule has 138 valence electrons. The lowest BCUT2D eigenvalue weighted by Crippen LogP contribution is -2.41. The topological polar surface area (TPSA) is 88.9 Å². The van der Waals surface area contributed by atoms with E-state index in [2.05, 4.69) is 27.9 Å². The van der Waals surface area contributed by atoms with Gasteiger partial charge in [-0.3, -0.25) is 20.4 Å². The van der Waals surface area contributed by atoms with Gasteiger partial charge in [0.05, 0.1) is 10.6 Å². The summed E-state index contributed by atoms with van der Waals surface area (Å²) in [4.78, 5) is 30.4. The normalized spacial score (nSPS) is 15.8. The highest BCUT2D eigenvalue weighted by molar-refractivity contribution is 7.14. The fraction of sp³-hybridized carbons (Fsp3) is 0.263. The second-order valence-electron chi connectivity index (χ2n) is 6.70. The van der Waals surface area contributed by atoms with Crippen molar-refractivity contribution in [3.63, 3.8) is 0 Å². The van der Waals surface area contributed by atoms with E-state index in [9.17, 15) is 9.59 Å². The highest BCUT2D eigenvalue weighted by atomic mass is 32.1. The molecule has 8 heteroatoms. The number of carbonyl (C=O) groups excluding carboxylic acids is 2. The van der Waals surface area contributed by atoms with Crippen molar-refractivity contribution in [2.75, 3.05) is 0 Å². The van der Waals surface area contributed by atoms with Crippen LogP contribution in [0.15, 0.2) is 43.0 Å². The number of hydrogen-bond donors (Lipinski definition) is 2. The number of hydrogen-bond acceptors (Lipinski definition) is 5. The van der Waals surface area contributed by atoms with Crippen LogP contribution in [-0.2, 0) is 12.8 Å². The Hall–Kier alpha value is -3.00. The van der Waals surface area contributed by atoms with Crippen molar-refractivity contribution in [2.45, 2.75) is 26.2 Å². The summed E-state index contributed by atoms with van der Waals surface area (Å²) >= 11 is 1.51. The zero-order chi connectivity index (χ0) is 18.8. The smallest absolute Gasteiger partial charge is 0.267 e. The van der Waals surface area contributed by atoms with Gasteiger partial charge in [-0.2, -0.15) is 5.10 Å². The van der Waals surface area contributed by atoms with Crippen molar-refractivity contribution in [3.8, 4) is 5.69 Å². The Kier molecular flexibility index (Phi) is 4.72. The molecule has 0 aliphatic heterocycles. The van der Waals surface area contributed by atoms with Gasteiger partial charge in [0.15, 0.2) is 0 Å². The lowest BCUT2D eigenvalue weighted by molar-refractivity contribution is 0.0849. The number of amides is 2. The van der Waals surface area contributed by atoms with Crippen molar-refractivity contribution < 1.29 is 9.59 Å². The number of carbonyl (C=O) groups is 2. The van der Waals surface area contributed by atoms with Crippen molar-refractivity contribution in [1.29, 1.82) is 0 Å². The summed E-state index contributed by atoms with van der Waals surface area (Å²) in [7, 11) is 0. The van der Waals surface area contributed by atoms with Gasteiger partial charge in [-0.05, 0) is 61.1 Å². The van der Waals surface area contributed by atoms with E-state index in [1.54, 1.807) is 35.3 Å². The Morgan fingerprint density at radius 3 is 2.70 bits per heavy atom. The van der Waals surface area contributed by atoms with Crippen LogP contribution in [-0.4, -0.2) is 26.6 Å². The predicted octanol–water partition coefficient (Wildman–Crippen LogP) is 2.53. The molecule has 2 amide bonds. The number of thiophene rings is 1. The number of benzene rings is 1. The monoisotopic (exact) mass is 381 g/mol. The van der Waals surface area contributed by atoms with Gasteiger partial charge in [0.2, 0.25) is 0 Å². The Bertz CT molecular complexity index is 963. The molecular formula is C19H19N5O2S. The number of nitrogens with one attached hydrogen (secondary N) is 2. The summed E-state index contributed by atoms with van der Waals surface area (Å²) in [6.07, 6.45) is 6.23. The molecule has 1 aromatic carbocycles. The van der Waals surface area contributed by atoms with Crippen LogP contribution < -0.4 is 10.9 Å². The molecule has 2 heterocycles. The van der Waals surface area contributed by atoms with Crippen LogP contribution in [0, 0.1) is 5.92 Å². The molecule has 0 spiro atoms. The fourth-order valence-electron chi connectivity index (χ4n) is 3.17. The lowest BCUT2D eigenvalue weighted by Gasteiger charge is -2.16. The average molecular weight is 381 g/mol. The molecule has 0 bridgehead atoms. The second kappa shape index (κ2) is 7.32. The molecule has 1 aliphatic rings. The van der Waals surface area contributed by atoms with E-state index in [-0.39, 0.29) is 11.8 Å². The van der Waals surface area contributed by atoms with Crippen molar-refractivity contribution in [2.24, 2.45) is 5.92 Å². The quantitative estimate of drug-likeness (QED) is 0.683. The molecule has 2 aromatic heterocycles. The van der Waals surface area contributed by atoms with Gasteiger partial charge in [-0.15, -0.1) is 11.3 Å². The predicted molar refractivity (Wildman–Crippen MR) is 102 cm³/mol. The summed E-state index contributed by atoms with van der Waals surface area (Å²) in [5, 5.41) is 4.04. The van der Waals surface area contributed by atoms with E-state index in [1.165, 1.54) is 28.1 Å². The van der Waals surface area contributed by atoms with Gasteiger partial charge >= 0.3 is 0 Å². The highest BCUT2D eigenvalue weighted by Crippen LogP contribution is 2.32. The summed E-state index contributed by atoms with van der Waals surface area (Å²) in [6, 6.07) is 8.82. The second-order valence-corrected chi connectivity index (χ2v) is 7.84. The molecule has 3 aromatic rings. The number of aryl methyl sites for hydroxylation is 1. The van der Waals surface area contributed by atoms with E-state index in [0.29, 0.717) is 16.4 Å². The van der Waals surface area contributed by atoms with Crippen LogP contribution in [0.3, 0.4) is 0 Å². The number of aromatic nitrogens is 3. The van der Waals surface area contributed by atoms with E-state index in [1.807, 2.05) is 6.07 Å². The molecule has 4 rings (SSSR count). The van der Waals surface area contributed by atoms with Crippen LogP contribution in [0.4, 0.5) is 0 Å². The summed E-state index contributed by atoms with van der Waals surface area (Å²) in [6.45, 7) is 2.23.